The first-order valence-electron chi connectivity index (χ1n) is 9.60. The molecule has 1 aromatic carbocycles. The van der Waals surface area contributed by atoms with Crippen LogP contribution in [0.2, 0.25) is 5.02 Å². The van der Waals surface area contributed by atoms with Crippen molar-refractivity contribution in [3.05, 3.63) is 58.9 Å². The lowest BCUT2D eigenvalue weighted by Crippen LogP contribution is -2.41. The Kier molecular flexibility index (Phi) is 4.42. The molecule has 1 aliphatic heterocycles. The topological polar surface area (TPSA) is 47.1 Å². The molecule has 4 nitrogen and oxygen atoms in total. The fraction of sp³-hybridized carbons (Fsp3) is 0.409. The third-order valence-corrected chi connectivity index (χ3v) is 6.57. The molecule has 0 saturated carbocycles. The Hall–Kier alpha value is -1.82. The minimum absolute atomic E-state index is 0.209. The van der Waals surface area contributed by atoms with Crippen molar-refractivity contribution in [1.29, 1.82) is 0 Å². The van der Waals surface area contributed by atoms with Crippen molar-refractivity contribution in [2.24, 2.45) is 0 Å². The maximum Gasteiger partial charge on any atom is 0.496 e. The van der Waals surface area contributed by atoms with Crippen molar-refractivity contribution in [3.8, 4) is 0 Å². The Balaban J connectivity index is 1.76. The third kappa shape index (κ3) is 3.06. The van der Waals surface area contributed by atoms with Gasteiger partial charge in [-0.2, -0.15) is 0 Å². The number of fused-ring (bicyclic) bond motifs is 1. The molecule has 1 fully saturated rings. The summed E-state index contributed by atoms with van der Waals surface area (Å²) in [7, 11) is -0.428. The van der Waals surface area contributed by atoms with Gasteiger partial charge in [0, 0.05) is 33.7 Å². The van der Waals surface area contributed by atoms with Crippen LogP contribution in [-0.2, 0) is 14.7 Å². The van der Waals surface area contributed by atoms with Gasteiger partial charge in [0.2, 0.25) is 0 Å². The molecule has 0 amide bonds. The third-order valence-electron chi connectivity index (χ3n) is 6.32. The second kappa shape index (κ2) is 6.34. The van der Waals surface area contributed by atoms with E-state index in [1.165, 1.54) is 11.1 Å². The van der Waals surface area contributed by atoms with Crippen LogP contribution in [-0.4, -0.2) is 28.3 Å². The summed E-state index contributed by atoms with van der Waals surface area (Å²) in [6.07, 6.45) is 3.88. The molecule has 28 heavy (non-hydrogen) atoms. The van der Waals surface area contributed by atoms with Gasteiger partial charge in [0.15, 0.2) is 0 Å². The second-order valence-corrected chi connectivity index (χ2v) is 9.52. The zero-order valence-electron chi connectivity index (χ0n) is 17.3. The Morgan fingerprint density at radius 1 is 1.04 bits per heavy atom. The van der Waals surface area contributed by atoms with E-state index in [1.807, 2.05) is 24.5 Å². The highest BCUT2D eigenvalue weighted by Gasteiger charge is 2.51. The van der Waals surface area contributed by atoms with Gasteiger partial charge in [-0.1, -0.05) is 37.6 Å². The van der Waals surface area contributed by atoms with E-state index >= 15 is 0 Å². The lowest BCUT2D eigenvalue weighted by molar-refractivity contribution is 0.00578. The zero-order valence-corrected chi connectivity index (χ0v) is 18.0. The fourth-order valence-corrected chi connectivity index (χ4v) is 3.79. The molecule has 3 heterocycles. The highest BCUT2D eigenvalue weighted by molar-refractivity contribution is 6.62. The van der Waals surface area contributed by atoms with Gasteiger partial charge >= 0.3 is 7.12 Å². The molecule has 0 unspecified atom stereocenters. The quantitative estimate of drug-likeness (QED) is 0.644. The number of benzene rings is 1. The van der Waals surface area contributed by atoms with Gasteiger partial charge in [0.1, 0.15) is 5.65 Å². The van der Waals surface area contributed by atoms with Crippen LogP contribution in [0.4, 0.5) is 0 Å². The lowest BCUT2D eigenvalue weighted by Gasteiger charge is -2.32. The summed E-state index contributed by atoms with van der Waals surface area (Å²) >= 11 is 6.08. The van der Waals surface area contributed by atoms with E-state index in [0.29, 0.717) is 0 Å². The minimum atomic E-state index is -0.428. The first-order chi connectivity index (χ1) is 13.0. The number of halogens is 1. The SMILES string of the molecule is CC(C)(c1ccc(Cl)cc1)c1c[nH]c2ncc(B3OC(C)(C)C(C)(C)O3)cc12. The van der Waals surface area contributed by atoms with Gasteiger partial charge in [-0.15, -0.1) is 0 Å². The summed E-state index contributed by atoms with van der Waals surface area (Å²) in [6.45, 7) is 12.7. The molecule has 0 bridgehead atoms. The molecule has 1 saturated heterocycles. The molecule has 2 aromatic heterocycles. The van der Waals surface area contributed by atoms with Crippen molar-refractivity contribution < 1.29 is 9.31 Å². The van der Waals surface area contributed by atoms with Crippen LogP contribution >= 0.6 is 11.6 Å². The number of H-pyrrole nitrogens is 1. The van der Waals surface area contributed by atoms with Crippen LogP contribution in [0.5, 0.6) is 0 Å². The number of aromatic nitrogens is 2. The lowest BCUT2D eigenvalue weighted by atomic mass is 9.76. The first-order valence-corrected chi connectivity index (χ1v) is 9.98. The molecule has 4 rings (SSSR count). The summed E-state index contributed by atoms with van der Waals surface area (Å²) in [5.41, 5.74) is 3.19. The van der Waals surface area contributed by atoms with Crippen LogP contribution in [0.1, 0.15) is 52.7 Å². The smallest absolute Gasteiger partial charge is 0.399 e. The Bertz CT molecular complexity index is 1010. The van der Waals surface area contributed by atoms with Gasteiger partial charge in [-0.3, -0.25) is 0 Å². The van der Waals surface area contributed by atoms with E-state index in [-0.39, 0.29) is 16.6 Å². The Morgan fingerprint density at radius 2 is 1.64 bits per heavy atom. The molecular weight excluding hydrogens is 371 g/mol. The van der Waals surface area contributed by atoms with Crippen LogP contribution < -0.4 is 5.46 Å². The molecule has 1 aliphatic rings. The molecule has 1 N–H and O–H groups in total. The number of rotatable bonds is 3. The highest BCUT2D eigenvalue weighted by Crippen LogP contribution is 2.38. The predicted molar refractivity (Wildman–Crippen MR) is 115 cm³/mol. The molecule has 0 spiro atoms. The van der Waals surface area contributed by atoms with Crippen molar-refractivity contribution >= 4 is 35.2 Å². The van der Waals surface area contributed by atoms with Gasteiger partial charge in [-0.25, -0.2) is 4.98 Å². The molecule has 0 aliphatic carbocycles. The minimum Gasteiger partial charge on any atom is -0.399 e. The zero-order chi connectivity index (χ0) is 20.3. The number of nitrogens with one attached hydrogen (secondary N) is 1. The summed E-state index contributed by atoms with van der Waals surface area (Å²) < 4.78 is 12.4. The number of hydrogen-bond donors (Lipinski definition) is 1. The monoisotopic (exact) mass is 396 g/mol. The van der Waals surface area contributed by atoms with Gasteiger partial charge in [-0.05, 0) is 57.0 Å². The highest BCUT2D eigenvalue weighted by atomic mass is 35.5. The standard InChI is InChI=1S/C22H26BClN2O2/c1-20(2,14-7-9-16(24)10-8-14)18-13-26-19-17(18)11-15(12-25-19)23-27-21(3,4)22(5,6)28-23/h7-13H,1-6H3,(H,25,26). The average molecular weight is 397 g/mol. The van der Waals surface area contributed by atoms with Gasteiger partial charge in [0.05, 0.1) is 11.2 Å². The summed E-state index contributed by atoms with van der Waals surface area (Å²) in [4.78, 5) is 7.93. The number of pyridine rings is 1. The average Bonchev–Trinajstić information content (AvgIpc) is 3.13. The molecule has 0 atom stereocenters. The van der Waals surface area contributed by atoms with Crippen LogP contribution in [0.15, 0.2) is 42.7 Å². The summed E-state index contributed by atoms with van der Waals surface area (Å²) in [6, 6.07) is 10.1. The maximum absolute atomic E-state index is 6.21. The van der Waals surface area contributed by atoms with Crippen molar-refractivity contribution in [2.75, 3.05) is 0 Å². The van der Waals surface area contributed by atoms with Crippen molar-refractivity contribution in [3.63, 3.8) is 0 Å². The molecule has 146 valence electrons. The normalized spacial score (nSPS) is 18.8. The number of nitrogens with zero attached hydrogens (tertiary/aromatic N) is 1. The van der Waals surface area contributed by atoms with E-state index in [0.717, 1.165) is 21.5 Å². The van der Waals surface area contributed by atoms with Crippen LogP contribution in [0, 0.1) is 0 Å². The Labute approximate surface area is 171 Å². The van der Waals surface area contributed by atoms with E-state index in [2.05, 4.69) is 69.7 Å². The molecule has 0 radical (unpaired) electrons. The molecular formula is C22H26BClN2O2. The van der Waals surface area contributed by atoms with Crippen molar-refractivity contribution in [2.45, 2.75) is 58.2 Å². The van der Waals surface area contributed by atoms with Crippen LogP contribution in [0.3, 0.4) is 0 Å². The number of hydrogen-bond acceptors (Lipinski definition) is 3. The molecule has 3 aromatic rings. The van der Waals surface area contributed by atoms with E-state index in [4.69, 9.17) is 20.9 Å². The van der Waals surface area contributed by atoms with Gasteiger partial charge in [0.25, 0.3) is 0 Å². The molecule has 6 heteroatoms. The predicted octanol–water partition coefficient (Wildman–Crippen LogP) is 4.84. The first kappa shape index (κ1) is 19.5. The Morgan fingerprint density at radius 3 is 2.25 bits per heavy atom. The number of aromatic amines is 1. The largest absolute Gasteiger partial charge is 0.496 e. The van der Waals surface area contributed by atoms with Gasteiger partial charge < -0.3 is 14.3 Å². The maximum atomic E-state index is 6.21. The van der Waals surface area contributed by atoms with E-state index < -0.39 is 7.12 Å². The second-order valence-electron chi connectivity index (χ2n) is 9.09. The fourth-order valence-electron chi connectivity index (χ4n) is 3.67. The summed E-state index contributed by atoms with van der Waals surface area (Å²) in [5.74, 6) is 0. The van der Waals surface area contributed by atoms with Crippen LogP contribution in [0.25, 0.3) is 11.0 Å². The summed E-state index contributed by atoms with van der Waals surface area (Å²) in [5, 5.41) is 1.82. The van der Waals surface area contributed by atoms with E-state index in [9.17, 15) is 0 Å². The van der Waals surface area contributed by atoms with Crippen molar-refractivity contribution in [1.82, 2.24) is 9.97 Å². The van der Waals surface area contributed by atoms with E-state index in [1.54, 1.807) is 0 Å².